The highest BCUT2D eigenvalue weighted by Gasteiger charge is 2.15. The van der Waals surface area contributed by atoms with Crippen molar-refractivity contribution in [1.82, 2.24) is 0 Å². The lowest BCUT2D eigenvalue weighted by molar-refractivity contribution is -0.384. The smallest absolute Gasteiger partial charge is 0.338 e. The minimum Gasteiger partial charge on any atom is -0.465 e. The molecule has 0 aliphatic heterocycles. The van der Waals surface area contributed by atoms with Crippen LogP contribution in [0.5, 0.6) is 0 Å². The van der Waals surface area contributed by atoms with Crippen molar-refractivity contribution in [3.8, 4) is 0 Å². The van der Waals surface area contributed by atoms with E-state index in [0.29, 0.717) is 5.56 Å². The molecule has 94 valence electrons. The quantitative estimate of drug-likeness (QED) is 0.364. The number of primary amides is 1. The lowest BCUT2D eigenvalue weighted by Crippen LogP contribution is -2.11. The van der Waals surface area contributed by atoms with E-state index in [4.69, 9.17) is 5.73 Å². The Kier molecular flexibility index (Phi) is 4.14. The molecule has 0 unspecified atom stereocenters. The molecule has 0 aliphatic carbocycles. The largest absolute Gasteiger partial charge is 0.465 e. The van der Waals surface area contributed by atoms with Gasteiger partial charge in [-0.15, -0.1) is 0 Å². The van der Waals surface area contributed by atoms with Crippen molar-refractivity contribution in [2.45, 2.75) is 0 Å². The number of nitro groups is 1. The summed E-state index contributed by atoms with van der Waals surface area (Å²) in [6.07, 6.45) is 0.910. The number of esters is 1. The van der Waals surface area contributed by atoms with E-state index in [1.54, 1.807) is 0 Å². The summed E-state index contributed by atoms with van der Waals surface area (Å²) in [5.41, 5.74) is 5.10. The summed E-state index contributed by atoms with van der Waals surface area (Å²) in [6.45, 7) is 0. The maximum atomic E-state index is 11.4. The van der Waals surface area contributed by atoms with Crippen molar-refractivity contribution in [3.05, 3.63) is 46.0 Å². The Labute approximate surface area is 102 Å². The Morgan fingerprint density at radius 2 is 1.89 bits per heavy atom. The first kappa shape index (κ1) is 13.4. The first-order valence-corrected chi connectivity index (χ1v) is 4.80. The molecule has 7 nitrogen and oxygen atoms in total. The molecular weight excluding hydrogens is 240 g/mol. The van der Waals surface area contributed by atoms with Gasteiger partial charge in [0.1, 0.15) is 0 Å². The van der Waals surface area contributed by atoms with Gasteiger partial charge in [0.05, 0.1) is 17.6 Å². The van der Waals surface area contributed by atoms with E-state index in [-0.39, 0.29) is 11.3 Å². The van der Waals surface area contributed by atoms with Crippen LogP contribution in [0.25, 0.3) is 5.57 Å². The number of nitrogens with two attached hydrogens (primary N) is 1. The van der Waals surface area contributed by atoms with Gasteiger partial charge < -0.3 is 10.5 Å². The van der Waals surface area contributed by atoms with Gasteiger partial charge in [-0.1, -0.05) is 0 Å². The fourth-order valence-corrected chi connectivity index (χ4v) is 1.28. The van der Waals surface area contributed by atoms with Gasteiger partial charge in [-0.3, -0.25) is 14.9 Å². The number of nitrogens with zero attached hydrogens (tertiary/aromatic N) is 1. The third-order valence-electron chi connectivity index (χ3n) is 2.08. The predicted molar refractivity (Wildman–Crippen MR) is 62.3 cm³/mol. The average molecular weight is 250 g/mol. The highest BCUT2D eigenvalue weighted by Crippen LogP contribution is 2.19. The molecule has 1 amide bonds. The predicted octanol–water partition coefficient (Wildman–Crippen LogP) is 0.637. The molecular formula is C11H10N2O5. The third kappa shape index (κ3) is 3.14. The summed E-state index contributed by atoms with van der Waals surface area (Å²) in [5, 5.41) is 10.5. The molecule has 0 spiro atoms. The zero-order valence-corrected chi connectivity index (χ0v) is 9.45. The SMILES string of the molecule is COC(=O)/C(=C\C(N)=O)c1ccc([N+](=O)[O-])cc1. The number of amides is 1. The minimum atomic E-state index is -0.811. The fourth-order valence-electron chi connectivity index (χ4n) is 1.28. The number of non-ortho nitro benzene ring substituents is 1. The number of carbonyl (C=O) groups excluding carboxylic acids is 2. The molecule has 7 heteroatoms. The third-order valence-corrected chi connectivity index (χ3v) is 2.08. The average Bonchev–Trinajstić information content (AvgIpc) is 2.35. The first-order valence-electron chi connectivity index (χ1n) is 4.80. The lowest BCUT2D eigenvalue weighted by Gasteiger charge is -2.04. The summed E-state index contributed by atoms with van der Waals surface area (Å²) in [6, 6.07) is 5.11. The zero-order chi connectivity index (χ0) is 13.7. The Hall–Kier alpha value is -2.70. The van der Waals surface area contributed by atoms with Crippen LogP contribution in [0.3, 0.4) is 0 Å². The molecule has 1 aromatic carbocycles. The summed E-state index contributed by atoms with van der Waals surface area (Å²) in [5.74, 6) is -1.56. The Bertz CT molecular complexity index is 519. The van der Waals surface area contributed by atoms with Crippen LogP contribution in [-0.4, -0.2) is 23.9 Å². The van der Waals surface area contributed by atoms with Gasteiger partial charge in [0, 0.05) is 18.2 Å². The number of carbonyl (C=O) groups is 2. The Morgan fingerprint density at radius 3 is 2.28 bits per heavy atom. The van der Waals surface area contributed by atoms with Gasteiger partial charge in [0.2, 0.25) is 5.91 Å². The van der Waals surface area contributed by atoms with Crippen molar-refractivity contribution < 1.29 is 19.2 Å². The number of nitro benzene ring substituents is 1. The van der Waals surface area contributed by atoms with Gasteiger partial charge >= 0.3 is 5.97 Å². The Morgan fingerprint density at radius 1 is 1.33 bits per heavy atom. The zero-order valence-electron chi connectivity index (χ0n) is 9.45. The Balaban J connectivity index is 3.18. The molecule has 0 aliphatic rings. The van der Waals surface area contributed by atoms with Gasteiger partial charge in [0.25, 0.3) is 5.69 Å². The van der Waals surface area contributed by atoms with Crippen LogP contribution in [0.15, 0.2) is 30.3 Å². The molecule has 0 bridgehead atoms. The van der Waals surface area contributed by atoms with Crippen molar-refractivity contribution >= 4 is 23.1 Å². The molecule has 2 N–H and O–H groups in total. The number of hydrogen-bond acceptors (Lipinski definition) is 5. The van der Waals surface area contributed by atoms with E-state index in [1.807, 2.05) is 0 Å². The van der Waals surface area contributed by atoms with Crippen LogP contribution in [0.1, 0.15) is 5.56 Å². The minimum absolute atomic E-state index is 0.0557. The molecule has 0 atom stereocenters. The molecule has 18 heavy (non-hydrogen) atoms. The van der Waals surface area contributed by atoms with Crippen molar-refractivity contribution in [2.24, 2.45) is 5.73 Å². The van der Waals surface area contributed by atoms with Crippen molar-refractivity contribution in [2.75, 3.05) is 7.11 Å². The number of benzene rings is 1. The molecule has 0 saturated heterocycles. The monoisotopic (exact) mass is 250 g/mol. The molecule has 1 aromatic rings. The second-order valence-electron chi connectivity index (χ2n) is 3.26. The second kappa shape index (κ2) is 5.58. The van der Waals surface area contributed by atoms with Crippen LogP contribution in [0.4, 0.5) is 5.69 Å². The standard InChI is InChI=1S/C11H10N2O5/c1-18-11(15)9(6-10(12)14)7-2-4-8(5-3-7)13(16)17/h2-6H,1H3,(H2,12,14)/b9-6-. The van der Waals surface area contributed by atoms with Gasteiger partial charge in [0.15, 0.2) is 0 Å². The fraction of sp³-hybridized carbons (Fsp3) is 0.0909. The van der Waals surface area contributed by atoms with Crippen LogP contribution in [0.2, 0.25) is 0 Å². The lowest BCUT2D eigenvalue weighted by atomic mass is 10.1. The normalized spacial score (nSPS) is 10.8. The van der Waals surface area contributed by atoms with E-state index in [1.165, 1.54) is 24.3 Å². The molecule has 0 fully saturated rings. The maximum Gasteiger partial charge on any atom is 0.338 e. The van der Waals surface area contributed by atoms with Crippen LogP contribution in [0, 0.1) is 10.1 Å². The van der Waals surface area contributed by atoms with Crippen LogP contribution >= 0.6 is 0 Å². The van der Waals surface area contributed by atoms with E-state index in [9.17, 15) is 19.7 Å². The topological polar surface area (TPSA) is 113 Å². The van der Waals surface area contributed by atoms with Crippen molar-refractivity contribution in [1.29, 1.82) is 0 Å². The summed E-state index contributed by atoms with van der Waals surface area (Å²) >= 11 is 0. The van der Waals surface area contributed by atoms with E-state index < -0.39 is 16.8 Å². The summed E-state index contributed by atoms with van der Waals surface area (Å²) in [7, 11) is 1.16. The number of methoxy groups -OCH3 is 1. The van der Waals surface area contributed by atoms with Crippen molar-refractivity contribution in [3.63, 3.8) is 0 Å². The van der Waals surface area contributed by atoms with Gasteiger partial charge in [-0.2, -0.15) is 0 Å². The molecule has 1 rings (SSSR count). The van der Waals surface area contributed by atoms with E-state index in [0.717, 1.165) is 13.2 Å². The molecule has 0 radical (unpaired) electrons. The first-order chi connectivity index (χ1) is 8.45. The van der Waals surface area contributed by atoms with E-state index >= 15 is 0 Å². The van der Waals surface area contributed by atoms with Gasteiger partial charge in [-0.25, -0.2) is 4.79 Å². The number of rotatable bonds is 4. The van der Waals surface area contributed by atoms with E-state index in [2.05, 4.69) is 4.74 Å². The number of hydrogen-bond donors (Lipinski definition) is 1. The highest BCUT2D eigenvalue weighted by molar-refractivity contribution is 6.20. The highest BCUT2D eigenvalue weighted by atomic mass is 16.6. The molecule has 0 saturated carbocycles. The number of ether oxygens (including phenoxy) is 1. The van der Waals surface area contributed by atoms with Crippen LogP contribution in [-0.2, 0) is 14.3 Å². The maximum absolute atomic E-state index is 11.4. The molecule has 0 aromatic heterocycles. The summed E-state index contributed by atoms with van der Waals surface area (Å²) in [4.78, 5) is 32.1. The molecule has 0 heterocycles. The summed E-state index contributed by atoms with van der Waals surface area (Å²) < 4.78 is 4.50. The van der Waals surface area contributed by atoms with Gasteiger partial charge in [-0.05, 0) is 17.7 Å². The second-order valence-corrected chi connectivity index (χ2v) is 3.26. The van der Waals surface area contributed by atoms with Crippen LogP contribution < -0.4 is 5.73 Å².